The minimum absolute atomic E-state index is 0.0203. The molecule has 0 aromatic heterocycles. The number of ether oxygens (including phenoxy) is 1. The number of hydrogen-bond acceptors (Lipinski definition) is 3. The lowest BCUT2D eigenvalue weighted by Crippen LogP contribution is -2.22. The third kappa shape index (κ3) is 3.88. The van der Waals surface area contributed by atoms with Gasteiger partial charge in [-0.25, -0.2) is 0 Å². The van der Waals surface area contributed by atoms with E-state index in [0.29, 0.717) is 22.9 Å². The highest BCUT2D eigenvalue weighted by molar-refractivity contribution is 5.79. The number of hydrogen-bond donors (Lipinski definition) is 2. The van der Waals surface area contributed by atoms with Crippen molar-refractivity contribution in [1.82, 2.24) is 0 Å². The number of rotatable bonds is 6. The molecule has 0 aliphatic rings. The van der Waals surface area contributed by atoms with E-state index < -0.39 is 11.9 Å². The molecule has 1 aromatic carbocycles. The van der Waals surface area contributed by atoms with E-state index >= 15 is 0 Å². The first kappa shape index (κ1) is 15.3. The topological polar surface area (TPSA) is 72.5 Å². The van der Waals surface area contributed by atoms with Gasteiger partial charge in [0.05, 0.1) is 13.0 Å². The van der Waals surface area contributed by atoms with Crippen molar-refractivity contribution in [2.75, 3.05) is 12.8 Å². The van der Waals surface area contributed by atoms with Crippen LogP contribution < -0.4 is 10.5 Å². The smallest absolute Gasteiger partial charge is 0.311 e. The first-order valence-corrected chi connectivity index (χ1v) is 6.53. The van der Waals surface area contributed by atoms with E-state index in [-0.39, 0.29) is 5.92 Å². The quantitative estimate of drug-likeness (QED) is 0.775. The molecule has 0 saturated carbocycles. The van der Waals surface area contributed by atoms with Crippen molar-refractivity contribution >= 4 is 11.7 Å². The highest BCUT2D eigenvalue weighted by Crippen LogP contribution is 2.35. The minimum Gasteiger partial charge on any atom is -0.497 e. The Labute approximate surface area is 114 Å². The third-order valence-corrected chi connectivity index (χ3v) is 3.31. The number of carboxylic acid groups (broad SMARTS) is 1. The maximum absolute atomic E-state index is 11.6. The van der Waals surface area contributed by atoms with Crippen molar-refractivity contribution in [3.8, 4) is 5.75 Å². The molecule has 2 unspecified atom stereocenters. The molecule has 0 spiro atoms. The van der Waals surface area contributed by atoms with Crippen molar-refractivity contribution < 1.29 is 14.6 Å². The SMILES string of the molecule is COc1ccc(N)c(C(C(=O)O)C(C)CC(C)C)c1. The number of aliphatic carboxylic acids is 1. The molecule has 0 heterocycles. The Morgan fingerprint density at radius 3 is 2.47 bits per heavy atom. The Morgan fingerprint density at radius 1 is 1.37 bits per heavy atom. The first-order chi connectivity index (χ1) is 8.86. The van der Waals surface area contributed by atoms with E-state index in [1.165, 1.54) is 0 Å². The van der Waals surface area contributed by atoms with Gasteiger partial charge in [-0.05, 0) is 42.0 Å². The molecule has 0 aliphatic heterocycles. The Morgan fingerprint density at radius 2 is 2.00 bits per heavy atom. The van der Waals surface area contributed by atoms with E-state index in [1.54, 1.807) is 25.3 Å². The summed E-state index contributed by atoms with van der Waals surface area (Å²) in [6, 6.07) is 5.17. The van der Waals surface area contributed by atoms with Gasteiger partial charge >= 0.3 is 5.97 Å². The molecule has 4 nitrogen and oxygen atoms in total. The molecule has 0 fully saturated rings. The number of methoxy groups -OCH3 is 1. The predicted molar refractivity (Wildman–Crippen MR) is 76.4 cm³/mol. The van der Waals surface area contributed by atoms with Crippen molar-refractivity contribution in [2.45, 2.75) is 33.1 Å². The van der Waals surface area contributed by atoms with E-state index in [1.807, 2.05) is 6.92 Å². The molecule has 1 aromatic rings. The maximum Gasteiger partial charge on any atom is 0.311 e. The van der Waals surface area contributed by atoms with Crippen molar-refractivity contribution in [3.63, 3.8) is 0 Å². The Balaban J connectivity index is 3.15. The van der Waals surface area contributed by atoms with Crippen LogP contribution in [0.4, 0.5) is 5.69 Å². The van der Waals surface area contributed by atoms with E-state index in [9.17, 15) is 9.90 Å². The second-order valence-corrected chi connectivity index (χ2v) is 5.42. The zero-order valence-electron chi connectivity index (χ0n) is 12.0. The van der Waals surface area contributed by atoms with E-state index in [4.69, 9.17) is 10.5 Å². The fourth-order valence-corrected chi connectivity index (χ4v) is 2.51. The number of anilines is 1. The average molecular weight is 265 g/mol. The van der Waals surface area contributed by atoms with Gasteiger partial charge < -0.3 is 15.6 Å². The number of nitrogen functional groups attached to an aromatic ring is 1. The van der Waals surface area contributed by atoms with Crippen LogP contribution >= 0.6 is 0 Å². The Hall–Kier alpha value is -1.71. The molecule has 0 radical (unpaired) electrons. The summed E-state index contributed by atoms with van der Waals surface area (Å²) in [6.07, 6.45) is 0.841. The summed E-state index contributed by atoms with van der Waals surface area (Å²) in [5.41, 5.74) is 7.07. The molecule has 0 saturated heterocycles. The molecule has 2 atom stereocenters. The summed E-state index contributed by atoms with van der Waals surface area (Å²) in [7, 11) is 1.56. The minimum atomic E-state index is -0.840. The fourth-order valence-electron chi connectivity index (χ4n) is 2.51. The summed E-state index contributed by atoms with van der Waals surface area (Å²) >= 11 is 0. The second-order valence-electron chi connectivity index (χ2n) is 5.42. The first-order valence-electron chi connectivity index (χ1n) is 6.53. The molecule has 4 heteroatoms. The summed E-state index contributed by atoms with van der Waals surface area (Å²) in [5, 5.41) is 9.50. The number of carbonyl (C=O) groups is 1. The number of nitrogens with two attached hydrogens (primary N) is 1. The van der Waals surface area contributed by atoms with Gasteiger partial charge in [-0.1, -0.05) is 20.8 Å². The second kappa shape index (κ2) is 6.45. The molecule has 3 N–H and O–H groups in total. The number of benzene rings is 1. The summed E-state index contributed by atoms with van der Waals surface area (Å²) < 4.78 is 5.15. The van der Waals surface area contributed by atoms with E-state index in [0.717, 1.165) is 6.42 Å². The van der Waals surface area contributed by atoms with Crippen molar-refractivity contribution in [3.05, 3.63) is 23.8 Å². The molecule has 0 bridgehead atoms. The molecule has 0 aliphatic carbocycles. The molecular weight excluding hydrogens is 242 g/mol. The lowest BCUT2D eigenvalue weighted by molar-refractivity contribution is -0.140. The molecule has 1 rings (SSSR count). The van der Waals surface area contributed by atoms with Crippen LogP contribution in [0.25, 0.3) is 0 Å². The van der Waals surface area contributed by atoms with Gasteiger partial charge in [0, 0.05) is 5.69 Å². The van der Waals surface area contributed by atoms with Crippen molar-refractivity contribution in [1.29, 1.82) is 0 Å². The lowest BCUT2D eigenvalue weighted by Gasteiger charge is -2.23. The van der Waals surface area contributed by atoms with Crippen molar-refractivity contribution in [2.24, 2.45) is 11.8 Å². The summed E-state index contributed by atoms with van der Waals surface area (Å²) in [5.74, 6) is -0.339. The van der Waals surface area contributed by atoms with Crippen LogP contribution in [-0.2, 0) is 4.79 Å². The normalized spacial score (nSPS) is 14.2. The fraction of sp³-hybridized carbons (Fsp3) is 0.533. The van der Waals surface area contributed by atoms with Gasteiger partial charge in [-0.15, -0.1) is 0 Å². The average Bonchev–Trinajstić information content (AvgIpc) is 2.30. The molecule has 19 heavy (non-hydrogen) atoms. The monoisotopic (exact) mass is 265 g/mol. The Kier molecular flexibility index (Phi) is 5.21. The Bertz CT molecular complexity index is 443. The summed E-state index contributed by atoms with van der Waals surface area (Å²) in [6.45, 7) is 6.13. The highest BCUT2D eigenvalue weighted by atomic mass is 16.5. The van der Waals surface area contributed by atoms with Crippen LogP contribution in [0.5, 0.6) is 5.75 Å². The van der Waals surface area contributed by atoms with Gasteiger partial charge in [0.15, 0.2) is 0 Å². The zero-order chi connectivity index (χ0) is 14.6. The number of carboxylic acids is 1. The van der Waals surface area contributed by atoms with E-state index in [2.05, 4.69) is 13.8 Å². The maximum atomic E-state index is 11.6. The van der Waals surface area contributed by atoms with Crippen LogP contribution in [-0.4, -0.2) is 18.2 Å². The lowest BCUT2D eigenvalue weighted by atomic mass is 9.81. The van der Waals surface area contributed by atoms with Gasteiger partial charge in [-0.3, -0.25) is 4.79 Å². The van der Waals surface area contributed by atoms with Gasteiger partial charge in [0.25, 0.3) is 0 Å². The van der Waals surface area contributed by atoms with Crippen LogP contribution in [0, 0.1) is 11.8 Å². The zero-order valence-corrected chi connectivity index (χ0v) is 12.0. The van der Waals surface area contributed by atoms with Crippen LogP contribution in [0.1, 0.15) is 38.7 Å². The van der Waals surface area contributed by atoms with Gasteiger partial charge in [0.2, 0.25) is 0 Å². The van der Waals surface area contributed by atoms with Crippen LogP contribution in [0.15, 0.2) is 18.2 Å². The molecule has 0 amide bonds. The third-order valence-electron chi connectivity index (χ3n) is 3.31. The molecule has 106 valence electrons. The van der Waals surface area contributed by atoms with Gasteiger partial charge in [0.1, 0.15) is 5.75 Å². The van der Waals surface area contributed by atoms with Crippen LogP contribution in [0.3, 0.4) is 0 Å². The van der Waals surface area contributed by atoms with Gasteiger partial charge in [-0.2, -0.15) is 0 Å². The summed E-state index contributed by atoms with van der Waals surface area (Å²) in [4.78, 5) is 11.6. The highest BCUT2D eigenvalue weighted by Gasteiger charge is 2.29. The molecular formula is C15H23NO3. The standard InChI is InChI=1S/C15H23NO3/c1-9(2)7-10(3)14(15(17)18)12-8-11(19-4)5-6-13(12)16/h5-6,8-10,14H,7,16H2,1-4H3,(H,17,18). The van der Waals surface area contributed by atoms with Crippen LogP contribution in [0.2, 0.25) is 0 Å². The largest absolute Gasteiger partial charge is 0.497 e. The predicted octanol–water partition coefficient (Wildman–Crippen LogP) is 3.13.